The molecule has 0 fully saturated rings. The zero-order chi connectivity index (χ0) is 19.2. The number of carbonyl (C=O) groups is 3. The smallest absolute Gasteiger partial charge is 0.341 e. The lowest BCUT2D eigenvalue weighted by Crippen LogP contribution is -2.13. The van der Waals surface area contributed by atoms with Crippen LogP contribution in [0.25, 0.3) is 6.08 Å². The number of ether oxygens (including phenoxy) is 2. The third kappa shape index (κ3) is 8.78. The molecule has 0 atom stereocenters. The molecule has 0 amide bonds. The highest BCUT2D eigenvalue weighted by Gasteiger charge is 2.13. The molecule has 0 unspecified atom stereocenters. The number of hydrogen-bond donors (Lipinski definition) is 0. The Morgan fingerprint density at radius 3 is 2.35 bits per heavy atom. The summed E-state index contributed by atoms with van der Waals surface area (Å²) in [4.78, 5) is 35.0. The fraction of sp³-hybridized carbons (Fsp3) is 0.286. The van der Waals surface area contributed by atoms with E-state index in [1.165, 1.54) is 0 Å². The normalized spacial score (nSPS) is 11.7. The van der Waals surface area contributed by atoms with E-state index in [-0.39, 0.29) is 6.61 Å². The van der Waals surface area contributed by atoms with Gasteiger partial charge in [0.2, 0.25) is 0 Å². The Bertz CT molecular complexity index is 684. The molecule has 0 spiro atoms. The van der Waals surface area contributed by atoms with Gasteiger partial charge in [0.1, 0.15) is 0 Å². The molecule has 0 saturated heterocycles. The second kappa shape index (κ2) is 12.4. The van der Waals surface area contributed by atoms with E-state index in [4.69, 9.17) is 4.74 Å². The van der Waals surface area contributed by atoms with Crippen LogP contribution >= 0.6 is 0 Å². The third-order valence-electron chi connectivity index (χ3n) is 3.28. The highest BCUT2D eigenvalue weighted by molar-refractivity contribution is 6.01. The summed E-state index contributed by atoms with van der Waals surface area (Å²) < 4.78 is 9.42. The molecule has 0 aliphatic rings. The number of unbranched alkanes of at least 4 members (excludes halogenated alkanes) is 1. The summed E-state index contributed by atoms with van der Waals surface area (Å²) in [6.07, 6.45) is 9.28. The topological polar surface area (TPSA) is 69.7 Å². The predicted molar refractivity (Wildman–Crippen MR) is 100.0 cm³/mol. The molecule has 0 aromatic heterocycles. The van der Waals surface area contributed by atoms with Crippen LogP contribution in [0.3, 0.4) is 0 Å². The highest BCUT2D eigenvalue weighted by atomic mass is 16.6. The van der Waals surface area contributed by atoms with Gasteiger partial charge in [-0.25, -0.2) is 14.4 Å². The van der Waals surface area contributed by atoms with Crippen LogP contribution in [0.1, 0.15) is 38.7 Å². The Morgan fingerprint density at radius 1 is 1.00 bits per heavy atom. The number of allylic oxidation sites excluding steroid dienone is 2. The van der Waals surface area contributed by atoms with Crippen molar-refractivity contribution < 1.29 is 23.9 Å². The second-order valence-electron chi connectivity index (χ2n) is 5.36. The zero-order valence-corrected chi connectivity index (χ0v) is 15.1. The SMILES string of the molecule is CCCCC(=CC=Cc1ccccc1)C(=O)OC(=O)C=CC(=O)OCC. The first-order chi connectivity index (χ1) is 12.6. The third-order valence-corrected chi connectivity index (χ3v) is 3.28. The minimum absolute atomic E-state index is 0.203. The van der Waals surface area contributed by atoms with Gasteiger partial charge in [0.25, 0.3) is 0 Å². The van der Waals surface area contributed by atoms with Crippen LogP contribution in [-0.4, -0.2) is 24.5 Å². The lowest BCUT2D eigenvalue weighted by atomic mass is 10.1. The minimum Gasteiger partial charge on any atom is -0.463 e. The van der Waals surface area contributed by atoms with E-state index in [0.717, 1.165) is 30.6 Å². The van der Waals surface area contributed by atoms with Crippen molar-refractivity contribution in [3.05, 3.63) is 65.8 Å². The summed E-state index contributed by atoms with van der Waals surface area (Å²) in [5.41, 5.74) is 1.40. The van der Waals surface area contributed by atoms with Crippen molar-refractivity contribution in [3.63, 3.8) is 0 Å². The van der Waals surface area contributed by atoms with Crippen LogP contribution in [0.2, 0.25) is 0 Å². The highest BCUT2D eigenvalue weighted by Crippen LogP contribution is 2.11. The average molecular weight is 356 g/mol. The molecule has 1 rings (SSSR count). The number of esters is 3. The molecule has 0 heterocycles. The Hall–Kier alpha value is -2.95. The molecule has 138 valence electrons. The van der Waals surface area contributed by atoms with E-state index in [2.05, 4.69) is 4.74 Å². The van der Waals surface area contributed by atoms with Crippen molar-refractivity contribution in [1.29, 1.82) is 0 Å². The van der Waals surface area contributed by atoms with Crippen molar-refractivity contribution in [3.8, 4) is 0 Å². The van der Waals surface area contributed by atoms with Gasteiger partial charge >= 0.3 is 17.9 Å². The van der Waals surface area contributed by atoms with Crippen LogP contribution in [-0.2, 0) is 23.9 Å². The summed E-state index contributed by atoms with van der Waals surface area (Å²) >= 11 is 0. The summed E-state index contributed by atoms with van der Waals surface area (Å²) in [7, 11) is 0. The average Bonchev–Trinajstić information content (AvgIpc) is 2.64. The Labute approximate surface area is 154 Å². The fourth-order valence-electron chi connectivity index (χ4n) is 1.98. The first-order valence-electron chi connectivity index (χ1n) is 8.60. The molecule has 0 aliphatic heterocycles. The first kappa shape index (κ1) is 21.1. The van der Waals surface area contributed by atoms with E-state index < -0.39 is 17.9 Å². The van der Waals surface area contributed by atoms with Crippen molar-refractivity contribution >= 4 is 24.0 Å². The number of benzene rings is 1. The Balaban J connectivity index is 2.73. The van der Waals surface area contributed by atoms with E-state index >= 15 is 0 Å². The molecule has 5 nitrogen and oxygen atoms in total. The maximum absolute atomic E-state index is 12.2. The van der Waals surface area contributed by atoms with E-state index in [1.54, 1.807) is 19.1 Å². The van der Waals surface area contributed by atoms with Gasteiger partial charge in [0, 0.05) is 17.7 Å². The first-order valence-corrected chi connectivity index (χ1v) is 8.60. The standard InChI is InChI=1S/C21H24O5/c1-3-5-13-18(14-9-12-17-10-7-6-8-11-17)21(24)26-20(23)16-15-19(22)25-4-2/h6-12,14-16H,3-5,13H2,1-2H3. The molecule has 1 aromatic rings. The molecular weight excluding hydrogens is 332 g/mol. The van der Waals surface area contributed by atoms with Crippen LogP contribution in [0, 0.1) is 0 Å². The molecule has 5 heteroatoms. The quantitative estimate of drug-likeness (QED) is 0.289. The van der Waals surface area contributed by atoms with Gasteiger partial charge in [0.15, 0.2) is 0 Å². The van der Waals surface area contributed by atoms with Crippen LogP contribution < -0.4 is 0 Å². The lowest BCUT2D eigenvalue weighted by molar-refractivity contribution is -0.153. The van der Waals surface area contributed by atoms with Gasteiger partial charge in [-0.2, -0.15) is 0 Å². The molecule has 0 saturated carbocycles. The summed E-state index contributed by atoms with van der Waals surface area (Å²) in [6.45, 7) is 3.87. The van der Waals surface area contributed by atoms with E-state index in [1.807, 2.05) is 43.3 Å². The fourth-order valence-corrected chi connectivity index (χ4v) is 1.98. The second-order valence-corrected chi connectivity index (χ2v) is 5.36. The van der Waals surface area contributed by atoms with Gasteiger partial charge in [-0.15, -0.1) is 0 Å². The molecule has 0 aliphatic carbocycles. The van der Waals surface area contributed by atoms with Gasteiger partial charge in [-0.1, -0.05) is 61.9 Å². The number of hydrogen-bond acceptors (Lipinski definition) is 5. The molecule has 0 radical (unpaired) electrons. The Morgan fingerprint density at radius 2 is 1.69 bits per heavy atom. The van der Waals surface area contributed by atoms with Crippen molar-refractivity contribution in [2.24, 2.45) is 0 Å². The van der Waals surface area contributed by atoms with Crippen LogP contribution in [0.5, 0.6) is 0 Å². The molecular formula is C21H24O5. The molecule has 0 N–H and O–H groups in total. The Kier molecular flexibility index (Phi) is 10.1. The summed E-state index contributed by atoms with van der Waals surface area (Å²) in [5.74, 6) is -2.28. The van der Waals surface area contributed by atoms with Crippen molar-refractivity contribution in [2.75, 3.05) is 6.61 Å². The minimum atomic E-state index is -0.905. The zero-order valence-electron chi connectivity index (χ0n) is 15.1. The van der Waals surface area contributed by atoms with Gasteiger partial charge < -0.3 is 9.47 Å². The largest absolute Gasteiger partial charge is 0.463 e. The number of rotatable bonds is 9. The van der Waals surface area contributed by atoms with Crippen molar-refractivity contribution in [1.82, 2.24) is 0 Å². The molecule has 0 bridgehead atoms. The van der Waals surface area contributed by atoms with Crippen LogP contribution in [0.15, 0.2) is 60.2 Å². The molecule has 1 aromatic carbocycles. The van der Waals surface area contributed by atoms with E-state index in [0.29, 0.717) is 12.0 Å². The van der Waals surface area contributed by atoms with Crippen LogP contribution in [0.4, 0.5) is 0 Å². The maximum Gasteiger partial charge on any atom is 0.341 e. The van der Waals surface area contributed by atoms with Gasteiger partial charge in [-0.3, -0.25) is 0 Å². The predicted octanol–water partition coefficient (Wildman–Crippen LogP) is 4.01. The van der Waals surface area contributed by atoms with E-state index in [9.17, 15) is 14.4 Å². The van der Waals surface area contributed by atoms with Crippen molar-refractivity contribution in [2.45, 2.75) is 33.1 Å². The lowest BCUT2D eigenvalue weighted by Gasteiger charge is -2.04. The monoisotopic (exact) mass is 356 g/mol. The summed E-state index contributed by atoms with van der Waals surface area (Å²) in [5, 5.41) is 0. The number of carbonyl (C=O) groups excluding carboxylic acids is 3. The maximum atomic E-state index is 12.2. The van der Waals surface area contributed by atoms with Gasteiger partial charge in [-0.05, 0) is 25.3 Å². The van der Waals surface area contributed by atoms with Gasteiger partial charge in [0.05, 0.1) is 6.61 Å². The molecule has 26 heavy (non-hydrogen) atoms. The summed E-state index contributed by atoms with van der Waals surface area (Å²) in [6, 6.07) is 9.65.